The number of amides is 1. The lowest BCUT2D eigenvalue weighted by Crippen LogP contribution is -2.60. The average molecular weight is 440 g/mol. The summed E-state index contributed by atoms with van der Waals surface area (Å²) in [5, 5.41) is 0.570. The van der Waals surface area contributed by atoms with Gasteiger partial charge in [-0.25, -0.2) is 9.18 Å². The van der Waals surface area contributed by atoms with Gasteiger partial charge in [0.25, 0.3) is 5.91 Å². The summed E-state index contributed by atoms with van der Waals surface area (Å²) in [6, 6.07) is 19.3. The second kappa shape index (κ2) is 8.78. The summed E-state index contributed by atoms with van der Waals surface area (Å²) >= 11 is 5.93. The molecule has 1 saturated heterocycles. The fourth-order valence-corrected chi connectivity index (χ4v) is 3.67. The van der Waals surface area contributed by atoms with Crippen molar-refractivity contribution in [2.75, 3.05) is 7.11 Å². The number of ether oxygens (including phenoxy) is 2. The summed E-state index contributed by atoms with van der Waals surface area (Å²) in [5.74, 6) is -0.423. The molecule has 0 unspecified atom stereocenters. The maximum atomic E-state index is 13.3. The number of rotatable bonds is 6. The van der Waals surface area contributed by atoms with E-state index in [2.05, 4.69) is 0 Å². The number of carbonyl (C=O) groups excluding carboxylic acids is 2. The van der Waals surface area contributed by atoms with E-state index in [1.807, 2.05) is 0 Å². The minimum atomic E-state index is -0.731. The second-order valence-corrected chi connectivity index (χ2v) is 7.58. The monoisotopic (exact) mass is 439 g/mol. The Labute approximate surface area is 184 Å². The largest absolute Gasteiger partial charge is 0.478 e. The van der Waals surface area contributed by atoms with Gasteiger partial charge in [-0.1, -0.05) is 35.9 Å². The van der Waals surface area contributed by atoms with E-state index in [-0.39, 0.29) is 17.8 Å². The van der Waals surface area contributed by atoms with Gasteiger partial charge in [-0.05, 0) is 59.7 Å². The third-order valence-electron chi connectivity index (χ3n) is 5.17. The number of methoxy groups -OCH3 is 1. The molecule has 31 heavy (non-hydrogen) atoms. The fraction of sp³-hybridized carbons (Fsp3) is 0.167. The predicted molar refractivity (Wildman–Crippen MR) is 113 cm³/mol. The molecule has 0 radical (unpaired) electrons. The Bertz CT molecular complexity index is 1030. The van der Waals surface area contributed by atoms with Crippen LogP contribution in [-0.4, -0.2) is 30.0 Å². The van der Waals surface area contributed by atoms with Gasteiger partial charge in [0, 0.05) is 11.6 Å². The highest BCUT2D eigenvalue weighted by Crippen LogP contribution is 2.39. The van der Waals surface area contributed by atoms with Crippen molar-refractivity contribution in [1.82, 2.24) is 4.90 Å². The summed E-state index contributed by atoms with van der Waals surface area (Å²) in [6.45, 7) is 0.309. The van der Waals surface area contributed by atoms with Crippen LogP contribution in [0.2, 0.25) is 5.02 Å². The molecule has 1 heterocycles. The number of nitrogens with zero attached hydrogens (tertiary/aromatic N) is 1. The van der Waals surface area contributed by atoms with Crippen LogP contribution < -0.4 is 4.74 Å². The number of esters is 1. The van der Waals surface area contributed by atoms with E-state index in [1.165, 1.54) is 19.2 Å². The summed E-state index contributed by atoms with van der Waals surface area (Å²) in [5.41, 5.74) is 2.03. The molecule has 7 heteroatoms. The average Bonchev–Trinajstić information content (AvgIpc) is 2.80. The van der Waals surface area contributed by atoms with Crippen molar-refractivity contribution in [3.8, 4) is 5.75 Å². The first kappa shape index (κ1) is 20.9. The molecule has 2 atom stereocenters. The summed E-state index contributed by atoms with van der Waals surface area (Å²) in [6.07, 6.45) is -0.731. The van der Waals surface area contributed by atoms with E-state index in [0.29, 0.717) is 22.9 Å². The highest BCUT2D eigenvalue weighted by Gasteiger charge is 2.50. The molecular weight excluding hydrogens is 421 g/mol. The van der Waals surface area contributed by atoms with E-state index in [1.54, 1.807) is 65.6 Å². The molecule has 1 amide bonds. The molecule has 158 valence electrons. The Balaban J connectivity index is 1.61. The van der Waals surface area contributed by atoms with Gasteiger partial charge in [0.05, 0.1) is 12.7 Å². The zero-order chi connectivity index (χ0) is 22.0. The molecular formula is C24H19ClFNO4. The van der Waals surface area contributed by atoms with Gasteiger partial charge in [0.15, 0.2) is 0 Å². The van der Waals surface area contributed by atoms with Crippen LogP contribution in [-0.2, 0) is 16.1 Å². The van der Waals surface area contributed by atoms with Gasteiger partial charge in [-0.2, -0.15) is 0 Å². The van der Waals surface area contributed by atoms with E-state index in [0.717, 1.165) is 11.1 Å². The lowest BCUT2D eigenvalue weighted by Gasteiger charge is -2.47. The van der Waals surface area contributed by atoms with Crippen LogP contribution in [0.15, 0.2) is 72.8 Å². The molecule has 0 aliphatic carbocycles. The third kappa shape index (κ3) is 4.39. The molecule has 0 saturated carbocycles. The third-order valence-corrected chi connectivity index (χ3v) is 5.42. The van der Waals surface area contributed by atoms with Gasteiger partial charge in [0.2, 0.25) is 6.10 Å². The number of halogens is 2. The standard InChI is InChI=1S/C24H19ClFNO4/c1-30-24(29)17-6-4-16(5-7-17)21-22(31-20-12-8-18(25)9-13-20)23(28)27(21)14-15-2-10-19(26)11-3-15/h2-13,21-22H,14H2,1H3/t21-,22+/m1/s1. The van der Waals surface area contributed by atoms with Crippen LogP contribution in [0.3, 0.4) is 0 Å². The highest BCUT2D eigenvalue weighted by molar-refractivity contribution is 6.30. The summed E-state index contributed by atoms with van der Waals surface area (Å²) in [7, 11) is 1.32. The maximum absolute atomic E-state index is 13.3. The van der Waals surface area contributed by atoms with Gasteiger partial charge in [-0.3, -0.25) is 4.79 Å². The van der Waals surface area contributed by atoms with Crippen molar-refractivity contribution in [3.63, 3.8) is 0 Å². The normalized spacial score (nSPS) is 17.8. The van der Waals surface area contributed by atoms with Gasteiger partial charge in [0.1, 0.15) is 17.6 Å². The van der Waals surface area contributed by atoms with Crippen LogP contribution in [0.5, 0.6) is 5.75 Å². The molecule has 0 bridgehead atoms. The summed E-state index contributed by atoms with van der Waals surface area (Å²) in [4.78, 5) is 26.3. The topological polar surface area (TPSA) is 55.8 Å². The van der Waals surface area contributed by atoms with E-state index < -0.39 is 12.1 Å². The maximum Gasteiger partial charge on any atom is 0.337 e. The van der Waals surface area contributed by atoms with E-state index in [4.69, 9.17) is 21.1 Å². The first-order chi connectivity index (χ1) is 15.0. The van der Waals surface area contributed by atoms with Crippen molar-refractivity contribution in [2.45, 2.75) is 18.7 Å². The molecule has 0 N–H and O–H groups in total. The van der Waals surface area contributed by atoms with E-state index in [9.17, 15) is 14.0 Å². The fourth-order valence-electron chi connectivity index (χ4n) is 3.54. The number of benzene rings is 3. The van der Waals surface area contributed by atoms with Crippen LogP contribution in [0.4, 0.5) is 4.39 Å². The Morgan fingerprint density at radius 2 is 1.65 bits per heavy atom. The van der Waals surface area contributed by atoms with Gasteiger partial charge >= 0.3 is 5.97 Å². The number of carbonyl (C=O) groups is 2. The Hall–Kier alpha value is -3.38. The predicted octanol–water partition coefficient (Wildman–Crippen LogP) is 4.80. The second-order valence-electron chi connectivity index (χ2n) is 7.14. The van der Waals surface area contributed by atoms with Crippen LogP contribution >= 0.6 is 11.6 Å². The lowest BCUT2D eigenvalue weighted by atomic mass is 9.89. The number of hydrogen-bond donors (Lipinski definition) is 0. The van der Waals surface area contributed by atoms with Gasteiger partial charge < -0.3 is 14.4 Å². The molecule has 1 aliphatic rings. The number of likely N-dealkylation sites (tertiary alicyclic amines) is 1. The van der Waals surface area contributed by atoms with Crippen LogP contribution in [0, 0.1) is 5.82 Å². The molecule has 4 rings (SSSR count). The molecule has 3 aromatic rings. The number of β-lactam (4-membered cyclic amide) rings is 1. The molecule has 0 spiro atoms. The first-order valence-electron chi connectivity index (χ1n) is 9.61. The minimum absolute atomic E-state index is 0.179. The van der Waals surface area contributed by atoms with Crippen molar-refractivity contribution in [2.24, 2.45) is 0 Å². The molecule has 1 fully saturated rings. The molecule has 0 aromatic heterocycles. The Morgan fingerprint density at radius 1 is 1.00 bits per heavy atom. The minimum Gasteiger partial charge on any atom is -0.478 e. The van der Waals surface area contributed by atoms with Crippen molar-refractivity contribution >= 4 is 23.5 Å². The molecule has 3 aromatic carbocycles. The quantitative estimate of drug-likeness (QED) is 0.409. The highest BCUT2D eigenvalue weighted by atomic mass is 35.5. The van der Waals surface area contributed by atoms with E-state index >= 15 is 0 Å². The van der Waals surface area contributed by atoms with Crippen molar-refractivity contribution < 1.29 is 23.5 Å². The number of hydrogen-bond acceptors (Lipinski definition) is 4. The lowest BCUT2D eigenvalue weighted by molar-refractivity contribution is -0.165. The van der Waals surface area contributed by atoms with Crippen molar-refractivity contribution in [1.29, 1.82) is 0 Å². The molecule has 5 nitrogen and oxygen atoms in total. The Kier molecular flexibility index (Phi) is 5.91. The SMILES string of the molecule is COC(=O)c1ccc([C@@H]2[C@H](Oc3ccc(Cl)cc3)C(=O)N2Cc2ccc(F)cc2)cc1. The van der Waals surface area contributed by atoms with Crippen molar-refractivity contribution in [3.05, 3.63) is 100 Å². The Morgan fingerprint density at radius 3 is 2.26 bits per heavy atom. The smallest absolute Gasteiger partial charge is 0.337 e. The first-order valence-corrected chi connectivity index (χ1v) is 9.99. The van der Waals surface area contributed by atoms with Crippen LogP contribution in [0.1, 0.15) is 27.5 Å². The zero-order valence-corrected chi connectivity index (χ0v) is 17.4. The zero-order valence-electron chi connectivity index (χ0n) is 16.6. The summed E-state index contributed by atoms with van der Waals surface area (Å²) < 4.78 is 24.0. The van der Waals surface area contributed by atoms with Gasteiger partial charge in [-0.15, -0.1) is 0 Å². The molecule has 1 aliphatic heterocycles. The van der Waals surface area contributed by atoms with Crippen LogP contribution in [0.25, 0.3) is 0 Å².